The molecule has 1 N–H and O–H groups in total. The molecule has 0 saturated carbocycles. The first-order valence-electron chi connectivity index (χ1n) is 2.17. The maximum Gasteiger partial charge on any atom is 0.221 e. The fourth-order valence-electron chi connectivity index (χ4n) is 0.150. The van der Waals surface area contributed by atoms with Crippen LogP contribution < -0.4 is 0 Å². The van der Waals surface area contributed by atoms with E-state index in [0.717, 1.165) is 0 Å². The summed E-state index contributed by atoms with van der Waals surface area (Å²) in [6.07, 6.45) is 0. The fourth-order valence-corrected chi connectivity index (χ4v) is 0.150. The minimum absolute atomic E-state index is 0.442. The second kappa shape index (κ2) is 9.64. The Balaban J connectivity index is 2.69. The zero-order valence-electron chi connectivity index (χ0n) is 5.42. The predicted octanol–water partition coefficient (Wildman–Crippen LogP) is -0.331. The zero-order valence-corrected chi connectivity index (χ0v) is 5.42. The van der Waals surface area contributed by atoms with Crippen molar-refractivity contribution in [2.24, 2.45) is 0 Å². The van der Waals surface area contributed by atoms with Crippen LogP contribution in [0.2, 0.25) is 0 Å². The molecule has 0 aromatic heterocycles. The lowest BCUT2D eigenvalue weighted by Gasteiger charge is -1.98. The van der Waals surface area contributed by atoms with Crippen LogP contribution in [0.25, 0.3) is 0 Å². The molecule has 0 heterocycles. The maximum absolute atomic E-state index is 7.45. The van der Waals surface area contributed by atoms with Crippen molar-refractivity contribution in [2.75, 3.05) is 13.9 Å². The predicted molar refractivity (Wildman–Crippen MR) is 22.1 cm³/mol. The molecule has 0 aliphatic carbocycles. The van der Waals surface area contributed by atoms with Gasteiger partial charge in [0.15, 0.2) is 0 Å². The monoisotopic (exact) mass is 174 g/mol. The van der Waals surface area contributed by atoms with E-state index in [1.165, 1.54) is 7.11 Å². The average molecular weight is 174 g/mol. The largest absolute Gasteiger partial charge is 0.221 e. The molecule has 0 saturated heterocycles. The van der Waals surface area contributed by atoms with Crippen LogP contribution in [0.4, 0.5) is 0 Å². The van der Waals surface area contributed by atoms with Crippen LogP contribution in [0.15, 0.2) is 0 Å². The molecule has 9 nitrogen and oxygen atoms in total. The van der Waals surface area contributed by atoms with E-state index in [0.29, 0.717) is 0 Å². The quantitative estimate of drug-likeness (QED) is 0.229. The van der Waals surface area contributed by atoms with Gasteiger partial charge in [0, 0.05) is 0 Å². The fraction of sp³-hybridized carbons (Fsp3) is 1.00. The molecule has 0 fully saturated rings. The Bertz CT molecular complexity index is 56.6. The van der Waals surface area contributed by atoms with Gasteiger partial charge in [-0.15, -0.1) is 0 Å². The van der Waals surface area contributed by atoms with Crippen molar-refractivity contribution in [1.29, 1.82) is 0 Å². The van der Waals surface area contributed by atoms with Gasteiger partial charge in [0.25, 0.3) is 0 Å². The Hall–Kier alpha value is -0.360. The van der Waals surface area contributed by atoms with Crippen LogP contribution in [-0.2, 0) is 39.9 Å². The molecular weight excluding hydrogens is 168 g/mol. The molecule has 68 valence electrons. The highest BCUT2D eigenvalue weighted by molar-refractivity contribution is 3.70. The third-order valence-electron chi connectivity index (χ3n) is 0.346. The van der Waals surface area contributed by atoms with E-state index in [9.17, 15) is 0 Å². The van der Waals surface area contributed by atoms with Gasteiger partial charge in [-0.05, 0) is 20.2 Å². The van der Waals surface area contributed by atoms with Crippen LogP contribution in [0, 0.1) is 0 Å². The summed E-state index contributed by atoms with van der Waals surface area (Å²) in [5, 5.41) is 24.7. The number of hydrogen-bond donors (Lipinski definition) is 1. The van der Waals surface area contributed by atoms with E-state index in [4.69, 9.17) is 5.26 Å². The minimum atomic E-state index is -0.442. The van der Waals surface area contributed by atoms with Crippen molar-refractivity contribution in [3.63, 3.8) is 0 Å². The van der Waals surface area contributed by atoms with Gasteiger partial charge in [0.2, 0.25) is 6.79 Å². The summed E-state index contributed by atoms with van der Waals surface area (Å²) in [7, 11) is 1.22. The summed E-state index contributed by atoms with van der Waals surface area (Å²) in [5.41, 5.74) is 0. The zero-order chi connectivity index (χ0) is 8.36. The standard InChI is InChI=1S/C2H6O9/c1-4-8-5-2-6-9-11-10-7-3/h3H,2H2,1H3. The van der Waals surface area contributed by atoms with Crippen molar-refractivity contribution < 1.29 is 45.1 Å². The summed E-state index contributed by atoms with van der Waals surface area (Å²) in [5.74, 6) is 0. The van der Waals surface area contributed by atoms with E-state index in [1.807, 2.05) is 0 Å². The maximum atomic E-state index is 7.45. The lowest BCUT2D eigenvalue weighted by atomic mass is 11.5. The Morgan fingerprint density at radius 2 is 1.73 bits per heavy atom. The van der Waals surface area contributed by atoms with Crippen molar-refractivity contribution in [3.8, 4) is 0 Å². The molecule has 0 amide bonds. The van der Waals surface area contributed by atoms with Gasteiger partial charge in [0.05, 0.1) is 7.11 Å². The van der Waals surface area contributed by atoms with Gasteiger partial charge in [-0.2, -0.15) is 9.78 Å². The van der Waals surface area contributed by atoms with Gasteiger partial charge in [-0.25, -0.2) is 10.1 Å². The first kappa shape index (κ1) is 10.6. The molecule has 0 atom stereocenters. The van der Waals surface area contributed by atoms with Crippen molar-refractivity contribution in [2.45, 2.75) is 0 Å². The molecular formula is C2H6O9. The van der Waals surface area contributed by atoms with E-state index >= 15 is 0 Å². The van der Waals surface area contributed by atoms with Crippen LogP contribution >= 0.6 is 0 Å². The third-order valence-corrected chi connectivity index (χ3v) is 0.346. The van der Waals surface area contributed by atoms with Gasteiger partial charge in [-0.1, -0.05) is 5.04 Å². The van der Waals surface area contributed by atoms with Crippen LogP contribution in [0.5, 0.6) is 0 Å². The summed E-state index contributed by atoms with van der Waals surface area (Å²) in [6.45, 7) is -0.442. The van der Waals surface area contributed by atoms with Crippen LogP contribution in [-0.4, -0.2) is 19.2 Å². The summed E-state index contributed by atoms with van der Waals surface area (Å²) >= 11 is 0. The Labute approximate surface area is 60.3 Å². The Morgan fingerprint density at radius 1 is 1.00 bits per heavy atom. The summed E-state index contributed by atoms with van der Waals surface area (Å²) in [6, 6.07) is 0. The summed E-state index contributed by atoms with van der Waals surface area (Å²) < 4.78 is 0. The SMILES string of the molecule is COOOCOOOOOO. The molecule has 0 aliphatic rings. The smallest absolute Gasteiger partial charge is 0.219 e. The number of rotatable bonds is 8. The molecule has 0 aromatic rings. The lowest BCUT2D eigenvalue weighted by Crippen LogP contribution is -2.03. The molecule has 0 aromatic carbocycles. The van der Waals surface area contributed by atoms with Gasteiger partial charge >= 0.3 is 0 Å². The third kappa shape index (κ3) is 9.64. The lowest BCUT2D eigenvalue weighted by molar-refractivity contribution is -0.759. The second-order valence-electron chi connectivity index (χ2n) is 0.867. The van der Waals surface area contributed by atoms with Crippen molar-refractivity contribution in [3.05, 3.63) is 0 Å². The second-order valence-corrected chi connectivity index (χ2v) is 0.867. The van der Waals surface area contributed by atoms with E-state index in [-0.39, 0.29) is 0 Å². The average Bonchev–Trinajstić information content (AvgIpc) is 2.03. The normalized spacial score (nSPS) is 10.4. The Morgan fingerprint density at radius 3 is 2.36 bits per heavy atom. The first-order valence-corrected chi connectivity index (χ1v) is 2.17. The van der Waals surface area contributed by atoms with Gasteiger partial charge < -0.3 is 0 Å². The molecule has 9 heteroatoms. The van der Waals surface area contributed by atoms with Crippen molar-refractivity contribution >= 4 is 0 Å². The molecule has 0 aliphatic heterocycles. The molecule has 0 radical (unpaired) electrons. The minimum Gasteiger partial charge on any atom is -0.219 e. The van der Waals surface area contributed by atoms with Crippen molar-refractivity contribution in [1.82, 2.24) is 0 Å². The molecule has 0 unspecified atom stereocenters. The van der Waals surface area contributed by atoms with Crippen LogP contribution in [0.1, 0.15) is 0 Å². The van der Waals surface area contributed by atoms with Gasteiger partial charge in [-0.3, -0.25) is 0 Å². The highest BCUT2D eigenvalue weighted by Crippen LogP contribution is 1.85. The summed E-state index contributed by atoms with van der Waals surface area (Å²) in [4.78, 5) is 12.0. The first-order chi connectivity index (χ1) is 5.41. The number of hydrogen-bond acceptors (Lipinski definition) is 9. The molecule has 0 spiro atoms. The molecule has 11 heavy (non-hydrogen) atoms. The van der Waals surface area contributed by atoms with E-state index in [2.05, 4.69) is 39.9 Å². The van der Waals surface area contributed by atoms with E-state index in [1.54, 1.807) is 0 Å². The topological polar surface area (TPSA) is 94.1 Å². The van der Waals surface area contributed by atoms with E-state index < -0.39 is 6.79 Å². The van der Waals surface area contributed by atoms with Crippen LogP contribution in [0.3, 0.4) is 0 Å². The molecule has 0 rings (SSSR count). The Kier molecular flexibility index (Phi) is 9.32. The molecule has 0 bridgehead atoms. The highest BCUT2D eigenvalue weighted by atomic mass is 17.8. The van der Waals surface area contributed by atoms with Gasteiger partial charge in [0.1, 0.15) is 0 Å². The highest BCUT2D eigenvalue weighted by Gasteiger charge is 1.91.